The van der Waals surface area contributed by atoms with E-state index >= 15 is 0 Å². The maximum absolute atomic E-state index is 12.4. The average Bonchev–Trinajstić information content (AvgIpc) is 2.95. The summed E-state index contributed by atoms with van der Waals surface area (Å²) in [5.41, 5.74) is -0.0699. The highest BCUT2D eigenvalue weighted by molar-refractivity contribution is 5.88. The van der Waals surface area contributed by atoms with Crippen LogP contribution in [0.5, 0.6) is 0 Å². The summed E-state index contributed by atoms with van der Waals surface area (Å²) >= 11 is 0. The molecular weight excluding hydrogens is 198 g/mol. The van der Waals surface area contributed by atoms with Crippen molar-refractivity contribution in [2.24, 2.45) is 0 Å². The van der Waals surface area contributed by atoms with Crippen LogP contribution in [0.2, 0.25) is 0 Å². The number of likely N-dealkylation sites (tertiary alicyclic amines) is 1. The van der Waals surface area contributed by atoms with Crippen molar-refractivity contribution in [1.29, 1.82) is 0 Å². The molecule has 2 fully saturated rings. The van der Waals surface area contributed by atoms with Gasteiger partial charge in [0.2, 0.25) is 0 Å². The molecule has 16 heavy (non-hydrogen) atoms. The minimum atomic E-state index is -0.0699. The summed E-state index contributed by atoms with van der Waals surface area (Å²) in [6.07, 6.45) is 10.6. The van der Waals surface area contributed by atoms with Crippen LogP contribution < -0.4 is 0 Å². The summed E-state index contributed by atoms with van der Waals surface area (Å²) in [4.78, 5) is 14.9. The normalized spacial score (nSPS) is 24.8. The molecule has 1 saturated carbocycles. The first-order valence-corrected chi connectivity index (χ1v) is 6.69. The lowest BCUT2D eigenvalue weighted by molar-refractivity contribution is -0.130. The zero-order chi connectivity index (χ0) is 11.4. The van der Waals surface area contributed by atoms with Gasteiger partial charge in [0.1, 0.15) is 0 Å². The maximum atomic E-state index is 12.4. The molecule has 0 aromatic heterocycles. The van der Waals surface area contributed by atoms with Crippen molar-refractivity contribution >= 4 is 5.78 Å². The van der Waals surface area contributed by atoms with E-state index in [4.69, 9.17) is 0 Å². The van der Waals surface area contributed by atoms with Gasteiger partial charge in [-0.15, -0.1) is 6.58 Å². The summed E-state index contributed by atoms with van der Waals surface area (Å²) < 4.78 is 0. The number of carbonyl (C=O) groups is 1. The van der Waals surface area contributed by atoms with E-state index in [1.165, 1.54) is 25.7 Å². The Morgan fingerprint density at radius 1 is 1.19 bits per heavy atom. The molecule has 2 rings (SSSR count). The molecule has 0 radical (unpaired) electrons. The van der Waals surface area contributed by atoms with Crippen LogP contribution >= 0.6 is 0 Å². The third-order valence-electron chi connectivity index (χ3n) is 4.24. The van der Waals surface area contributed by atoms with Gasteiger partial charge in [-0.05, 0) is 45.2 Å². The number of allylic oxidation sites excluding steroid dienone is 1. The second kappa shape index (κ2) is 5.13. The predicted molar refractivity (Wildman–Crippen MR) is 66.4 cm³/mol. The molecule has 2 aliphatic rings. The van der Waals surface area contributed by atoms with E-state index in [1.807, 2.05) is 6.08 Å². The van der Waals surface area contributed by atoms with E-state index in [0.717, 1.165) is 32.4 Å². The third-order valence-corrected chi connectivity index (χ3v) is 4.24. The highest BCUT2D eigenvalue weighted by Gasteiger charge is 2.45. The second-order valence-corrected chi connectivity index (χ2v) is 5.18. The van der Waals surface area contributed by atoms with Crippen LogP contribution in [-0.4, -0.2) is 29.3 Å². The Hall–Kier alpha value is -0.630. The Balaban J connectivity index is 2.07. The topological polar surface area (TPSA) is 20.3 Å². The van der Waals surface area contributed by atoms with E-state index in [2.05, 4.69) is 11.5 Å². The highest BCUT2D eigenvalue weighted by Crippen LogP contribution is 2.39. The smallest absolute Gasteiger partial charge is 0.153 e. The second-order valence-electron chi connectivity index (χ2n) is 5.18. The maximum Gasteiger partial charge on any atom is 0.153 e. The van der Waals surface area contributed by atoms with Gasteiger partial charge < -0.3 is 0 Å². The van der Waals surface area contributed by atoms with Gasteiger partial charge in [-0.3, -0.25) is 9.69 Å². The molecule has 0 atom stereocenters. The van der Waals surface area contributed by atoms with E-state index in [-0.39, 0.29) is 5.54 Å². The lowest BCUT2D eigenvalue weighted by Crippen LogP contribution is -2.51. The van der Waals surface area contributed by atoms with Crippen LogP contribution in [0.4, 0.5) is 0 Å². The zero-order valence-corrected chi connectivity index (χ0v) is 10.2. The molecule has 0 spiro atoms. The fourth-order valence-corrected chi connectivity index (χ4v) is 3.34. The van der Waals surface area contributed by atoms with Crippen LogP contribution in [0, 0.1) is 0 Å². The Morgan fingerprint density at radius 2 is 1.81 bits per heavy atom. The Morgan fingerprint density at radius 3 is 2.38 bits per heavy atom. The number of nitrogens with zero attached hydrogens (tertiary/aromatic N) is 1. The van der Waals surface area contributed by atoms with Crippen molar-refractivity contribution in [2.75, 3.05) is 13.1 Å². The average molecular weight is 221 g/mol. The standard InChI is InChI=1S/C14H23NO/c1-2-3-8-13(16)14(9-4-5-10-14)15-11-6-7-12-15/h2H,1,3-12H2. The van der Waals surface area contributed by atoms with E-state index in [1.54, 1.807) is 0 Å². The Labute approximate surface area is 98.7 Å². The van der Waals surface area contributed by atoms with Gasteiger partial charge in [0.15, 0.2) is 5.78 Å². The molecule has 1 heterocycles. The van der Waals surface area contributed by atoms with Crippen LogP contribution in [0.25, 0.3) is 0 Å². The SMILES string of the molecule is C=CCCC(=O)C1(N2CCCC2)CCCC1. The molecule has 0 aromatic carbocycles. The van der Waals surface area contributed by atoms with Gasteiger partial charge in [-0.1, -0.05) is 18.9 Å². The minimum Gasteiger partial charge on any atom is -0.298 e. The summed E-state index contributed by atoms with van der Waals surface area (Å²) in [7, 11) is 0. The lowest BCUT2D eigenvalue weighted by atomic mass is 9.87. The molecule has 2 nitrogen and oxygen atoms in total. The monoisotopic (exact) mass is 221 g/mol. The van der Waals surface area contributed by atoms with Gasteiger partial charge in [0.25, 0.3) is 0 Å². The van der Waals surface area contributed by atoms with Gasteiger partial charge in [-0.2, -0.15) is 0 Å². The number of ketones is 1. The Bertz CT molecular complexity index is 260. The molecule has 1 aliphatic heterocycles. The fourth-order valence-electron chi connectivity index (χ4n) is 3.34. The Kier molecular flexibility index (Phi) is 3.80. The van der Waals surface area contributed by atoms with Crippen molar-refractivity contribution < 1.29 is 4.79 Å². The van der Waals surface area contributed by atoms with E-state index in [9.17, 15) is 4.79 Å². The van der Waals surface area contributed by atoms with Crippen molar-refractivity contribution in [1.82, 2.24) is 4.90 Å². The van der Waals surface area contributed by atoms with E-state index in [0.29, 0.717) is 12.2 Å². The van der Waals surface area contributed by atoms with Crippen LogP contribution in [0.3, 0.4) is 0 Å². The summed E-state index contributed by atoms with van der Waals surface area (Å²) in [5, 5.41) is 0. The molecule has 0 aromatic rings. The number of hydrogen-bond donors (Lipinski definition) is 0. The van der Waals surface area contributed by atoms with Gasteiger partial charge >= 0.3 is 0 Å². The molecule has 2 heteroatoms. The van der Waals surface area contributed by atoms with Crippen LogP contribution in [-0.2, 0) is 4.79 Å². The van der Waals surface area contributed by atoms with Crippen molar-refractivity contribution in [2.45, 2.75) is 56.9 Å². The number of carbonyl (C=O) groups excluding carboxylic acids is 1. The fraction of sp³-hybridized carbons (Fsp3) is 0.786. The first-order valence-electron chi connectivity index (χ1n) is 6.69. The highest BCUT2D eigenvalue weighted by atomic mass is 16.1. The first kappa shape index (κ1) is 11.8. The molecule has 0 bridgehead atoms. The molecule has 1 aliphatic carbocycles. The molecule has 1 saturated heterocycles. The number of rotatable bonds is 5. The third kappa shape index (κ3) is 2.08. The van der Waals surface area contributed by atoms with Crippen molar-refractivity contribution in [3.8, 4) is 0 Å². The van der Waals surface area contributed by atoms with E-state index < -0.39 is 0 Å². The van der Waals surface area contributed by atoms with Crippen molar-refractivity contribution in [3.05, 3.63) is 12.7 Å². The molecule has 0 unspecified atom stereocenters. The van der Waals surface area contributed by atoms with Crippen LogP contribution in [0.15, 0.2) is 12.7 Å². The van der Waals surface area contributed by atoms with Gasteiger partial charge in [-0.25, -0.2) is 0 Å². The molecule has 90 valence electrons. The first-order chi connectivity index (χ1) is 7.79. The summed E-state index contributed by atoms with van der Waals surface area (Å²) in [6, 6.07) is 0. The summed E-state index contributed by atoms with van der Waals surface area (Å²) in [5.74, 6) is 0.479. The minimum absolute atomic E-state index is 0.0699. The zero-order valence-electron chi connectivity index (χ0n) is 10.2. The number of Topliss-reactive ketones (excluding diaryl/α,β-unsaturated/α-hetero) is 1. The van der Waals surface area contributed by atoms with Crippen LogP contribution in [0.1, 0.15) is 51.4 Å². The largest absolute Gasteiger partial charge is 0.298 e. The summed E-state index contributed by atoms with van der Waals surface area (Å²) in [6.45, 7) is 5.99. The molecule has 0 amide bonds. The predicted octanol–water partition coefficient (Wildman–Crippen LogP) is 2.93. The lowest BCUT2D eigenvalue weighted by Gasteiger charge is -2.37. The van der Waals surface area contributed by atoms with Gasteiger partial charge in [0, 0.05) is 6.42 Å². The quantitative estimate of drug-likeness (QED) is 0.665. The van der Waals surface area contributed by atoms with Crippen molar-refractivity contribution in [3.63, 3.8) is 0 Å². The van der Waals surface area contributed by atoms with Gasteiger partial charge in [0.05, 0.1) is 5.54 Å². The molecule has 0 N–H and O–H groups in total. The number of hydrogen-bond acceptors (Lipinski definition) is 2. The molecular formula is C14H23NO.